The summed E-state index contributed by atoms with van der Waals surface area (Å²) in [7, 11) is 0. The van der Waals surface area contributed by atoms with E-state index in [1.807, 2.05) is 18.3 Å². The molecule has 0 amide bonds. The molecule has 2 heterocycles. The minimum atomic E-state index is -4.45. The van der Waals surface area contributed by atoms with Crippen LogP contribution in [0.25, 0.3) is 10.9 Å². The zero-order chi connectivity index (χ0) is 15.7. The summed E-state index contributed by atoms with van der Waals surface area (Å²) in [5.41, 5.74) is 2.00. The predicted molar refractivity (Wildman–Crippen MR) is 80.4 cm³/mol. The summed E-state index contributed by atoms with van der Waals surface area (Å²) in [5, 5.41) is 10.3. The Labute approximate surface area is 132 Å². The number of halogens is 4. The minimum absolute atomic E-state index is 0.158. The molecule has 2 aromatic heterocycles. The molecule has 0 atom stereocenters. The first-order valence-electron chi connectivity index (χ1n) is 6.33. The molecule has 9 heteroatoms. The highest BCUT2D eigenvalue weighted by Gasteiger charge is 2.35. The van der Waals surface area contributed by atoms with Gasteiger partial charge in [-0.05, 0) is 30.2 Å². The second kappa shape index (κ2) is 5.77. The van der Waals surface area contributed by atoms with E-state index in [-0.39, 0.29) is 5.13 Å². The van der Waals surface area contributed by atoms with Gasteiger partial charge in [0, 0.05) is 28.7 Å². The van der Waals surface area contributed by atoms with Crippen molar-refractivity contribution in [3.63, 3.8) is 0 Å². The van der Waals surface area contributed by atoms with Crippen molar-refractivity contribution in [3.8, 4) is 0 Å². The molecule has 1 aromatic carbocycles. The Morgan fingerprint density at radius 2 is 2.09 bits per heavy atom. The molecular formula is C13H10ClF3N4S. The smallest absolute Gasteiger partial charge is 0.361 e. The molecule has 116 valence electrons. The Morgan fingerprint density at radius 3 is 2.82 bits per heavy atom. The Hall–Kier alpha value is -1.80. The molecule has 4 nitrogen and oxygen atoms in total. The topological polar surface area (TPSA) is 53.6 Å². The molecule has 0 fully saturated rings. The Balaban J connectivity index is 1.65. The van der Waals surface area contributed by atoms with Gasteiger partial charge in [0.05, 0.1) is 0 Å². The lowest BCUT2D eigenvalue weighted by Crippen LogP contribution is -2.04. The van der Waals surface area contributed by atoms with Gasteiger partial charge < -0.3 is 10.3 Å². The summed E-state index contributed by atoms with van der Waals surface area (Å²) in [4.78, 5) is 3.13. The summed E-state index contributed by atoms with van der Waals surface area (Å²) in [5.74, 6) is 0. The quantitative estimate of drug-likeness (QED) is 0.738. The maximum Gasteiger partial charge on any atom is 0.445 e. The Bertz CT molecular complexity index is 796. The summed E-state index contributed by atoms with van der Waals surface area (Å²) in [6.07, 6.45) is -1.96. The fourth-order valence-corrected chi connectivity index (χ4v) is 2.88. The predicted octanol–water partition coefficient (Wildman–Crippen LogP) is 4.35. The van der Waals surface area contributed by atoms with E-state index >= 15 is 0 Å². The van der Waals surface area contributed by atoms with Gasteiger partial charge in [0.2, 0.25) is 10.1 Å². The number of fused-ring (bicyclic) bond motifs is 1. The fourth-order valence-electron chi connectivity index (χ4n) is 2.07. The lowest BCUT2D eigenvalue weighted by atomic mass is 10.1. The molecule has 0 aliphatic heterocycles. The number of hydrogen-bond acceptors (Lipinski definition) is 4. The van der Waals surface area contributed by atoms with Crippen molar-refractivity contribution in [2.24, 2.45) is 0 Å². The van der Waals surface area contributed by atoms with Crippen LogP contribution in [-0.4, -0.2) is 21.7 Å². The lowest BCUT2D eigenvalue weighted by Gasteiger charge is -2.02. The number of hydrogen-bond donors (Lipinski definition) is 2. The molecule has 0 saturated carbocycles. The van der Waals surface area contributed by atoms with E-state index in [1.54, 1.807) is 6.07 Å². The van der Waals surface area contributed by atoms with E-state index < -0.39 is 11.2 Å². The van der Waals surface area contributed by atoms with Crippen LogP contribution in [0.5, 0.6) is 0 Å². The first-order chi connectivity index (χ1) is 10.4. The number of aromatic amines is 1. The van der Waals surface area contributed by atoms with Crippen LogP contribution in [0.1, 0.15) is 10.6 Å². The zero-order valence-corrected chi connectivity index (χ0v) is 12.6. The average Bonchev–Trinajstić information content (AvgIpc) is 3.06. The molecule has 2 N–H and O–H groups in total. The number of nitrogens with zero attached hydrogens (tertiary/aromatic N) is 2. The second-order valence-electron chi connectivity index (χ2n) is 4.59. The van der Waals surface area contributed by atoms with Gasteiger partial charge >= 0.3 is 6.18 Å². The van der Waals surface area contributed by atoms with E-state index in [1.165, 1.54) is 0 Å². The van der Waals surface area contributed by atoms with Crippen molar-refractivity contribution in [2.45, 2.75) is 12.6 Å². The van der Waals surface area contributed by atoms with Crippen LogP contribution in [0.15, 0.2) is 24.4 Å². The molecule has 0 unspecified atom stereocenters. The highest BCUT2D eigenvalue weighted by atomic mass is 35.5. The Morgan fingerprint density at radius 1 is 1.27 bits per heavy atom. The number of rotatable bonds is 4. The monoisotopic (exact) mass is 346 g/mol. The van der Waals surface area contributed by atoms with Crippen LogP contribution in [0.3, 0.4) is 0 Å². The average molecular weight is 347 g/mol. The summed E-state index contributed by atoms with van der Waals surface area (Å²) >= 11 is 6.47. The molecule has 3 aromatic rings. The van der Waals surface area contributed by atoms with Crippen molar-refractivity contribution in [2.75, 3.05) is 11.9 Å². The van der Waals surface area contributed by atoms with Gasteiger partial charge in [0.1, 0.15) is 0 Å². The lowest BCUT2D eigenvalue weighted by molar-refractivity contribution is -0.138. The summed E-state index contributed by atoms with van der Waals surface area (Å²) in [6, 6.07) is 5.53. The largest absolute Gasteiger partial charge is 0.445 e. The molecule has 0 radical (unpaired) electrons. The minimum Gasteiger partial charge on any atom is -0.361 e. The molecule has 0 aliphatic carbocycles. The second-order valence-corrected chi connectivity index (χ2v) is 6.00. The fraction of sp³-hybridized carbons (Fsp3) is 0.231. The van der Waals surface area contributed by atoms with Crippen molar-refractivity contribution in [1.29, 1.82) is 0 Å². The first-order valence-corrected chi connectivity index (χ1v) is 7.53. The molecule has 0 aliphatic rings. The molecular weight excluding hydrogens is 337 g/mol. The van der Waals surface area contributed by atoms with Crippen LogP contribution in [0.4, 0.5) is 18.3 Å². The van der Waals surface area contributed by atoms with E-state index in [0.717, 1.165) is 16.5 Å². The zero-order valence-electron chi connectivity index (χ0n) is 11.0. The van der Waals surface area contributed by atoms with E-state index in [2.05, 4.69) is 20.5 Å². The summed E-state index contributed by atoms with van der Waals surface area (Å²) < 4.78 is 37.3. The van der Waals surface area contributed by atoms with Crippen LogP contribution >= 0.6 is 22.9 Å². The number of alkyl halides is 3. The highest BCUT2D eigenvalue weighted by molar-refractivity contribution is 7.15. The molecule has 3 rings (SSSR count). The van der Waals surface area contributed by atoms with Crippen molar-refractivity contribution >= 4 is 39.0 Å². The SMILES string of the molecule is FC(F)(F)c1nnc(NCCc2c[nH]c3ccc(Cl)cc23)s1. The molecule has 0 spiro atoms. The summed E-state index contributed by atoms with van der Waals surface area (Å²) in [6.45, 7) is 0.450. The van der Waals surface area contributed by atoms with Crippen LogP contribution in [0.2, 0.25) is 5.02 Å². The van der Waals surface area contributed by atoms with Crippen molar-refractivity contribution in [3.05, 3.63) is 40.0 Å². The van der Waals surface area contributed by atoms with E-state index in [0.29, 0.717) is 29.3 Å². The third kappa shape index (κ3) is 3.17. The first kappa shape index (κ1) is 15.1. The van der Waals surface area contributed by atoms with Gasteiger partial charge in [-0.2, -0.15) is 13.2 Å². The standard InChI is InChI=1S/C13H10ClF3N4S/c14-8-1-2-10-9(5-8)7(6-19-10)3-4-18-12-21-20-11(22-12)13(15,16)17/h1-2,5-6,19H,3-4H2,(H,18,21). The van der Waals surface area contributed by atoms with Gasteiger partial charge in [-0.3, -0.25) is 0 Å². The number of anilines is 1. The number of benzene rings is 1. The van der Waals surface area contributed by atoms with Crippen LogP contribution in [0, 0.1) is 0 Å². The molecule has 0 bridgehead atoms. The van der Waals surface area contributed by atoms with Crippen molar-refractivity contribution < 1.29 is 13.2 Å². The van der Waals surface area contributed by atoms with Gasteiger partial charge in [0.15, 0.2) is 0 Å². The van der Waals surface area contributed by atoms with Gasteiger partial charge in [0.25, 0.3) is 0 Å². The van der Waals surface area contributed by atoms with Gasteiger partial charge in [-0.1, -0.05) is 22.9 Å². The normalized spacial score (nSPS) is 12.0. The van der Waals surface area contributed by atoms with Gasteiger partial charge in [-0.25, -0.2) is 0 Å². The number of aromatic nitrogens is 3. The third-order valence-corrected chi connectivity index (χ3v) is 4.23. The molecule has 22 heavy (non-hydrogen) atoms. The van der Waals surface area contributed by atoms with Gasteiger partial charge in [-0.15, -0.1) is 10.2 Å². The number of H-pyrrole nitrogens is 1. The van der Waals surface area contributed by atoms with E-state index in [4.69, 9.17) is 11.6 Å². The van der Waals surface area contributed by atoms with Crippen molar-refractivity contribution in [1.82, 2.24) is 15.2 Å². The van der Waals surface area contributed by atoms with E-state index in [9.17, 15) is 13.2 Å². The van der Waals surface area contributed by atoms with Crippen LogP contribution in [-0.2, 0) is 12.6 Å². The highest BCUT2D eigenvalue weighted by Crippen LogP contribution is 2.33. The Kier molecular flexibility index (Phi) is 3.96. The third-order valence-electron chi connectivity index (χ3n) is 3.07. The van der Waals surface area contributed by atoms with Crippen LogP contribution < -0.4 is 5.32 Å². The molecule has 0 saturated heterocycles. The maximum absolute atomic E-state index is 12.4. The number of nitrogens with one attached hydrogen (secondary N) is 2. The maximum atomic E-state index is 12.4.